The van der Waals surface area contributed by atoms with E-state index in [1.807, 2.05) is 69.1 Å². The first kappa shape index (κ1) is 33.7. The summed E-state index contributed by atoms with van der Waals surface area (Å²) in [6.45, 7) is 10.5. The van der Waals surface area contributed by atoms with Gasteiger partial charge >= 0.3 is 0 Å². The Hall–Kier alpha value is -2.82. The molecule has 1 amide bonds. The number of nitrogens with one attached hydrogen (secondary N) is 1. The van der Waals surface area contributed by atoms with E-state index in [0.29, 0.717) is 47.5 Å². The molecule has 4 aromatic rings. The number of carbonyl (C=O) groups excluding carboxylic acids is 1. The lowest BCUT2D eigenvalue weighted by Gasteiger charge is -2.38. The van der Waals surface area contributed by atoms with E-state index in [-0.39, 0.29) is 42.2 Å². The Balaban J connectivity index is 0.00000242. The Morgan fingerprint density at radius 2 is 1.69 bits per heavy atom. The van der Waals surface area contributed by atoms with Crippen molar-refractivity contribution in [2.45, 2.75) is 39.8 Å². The van der Waals surface area contributed by atoms with Crippen LogP contribution in [0.2, 0.25) is 10.0 Å². The molecule has 3 aromatic heterocycles. The van der Waals surface area contributed by atoms with Gasteiger partial charge in [-0.2, -0.15) is 5.10 Å². The fourth-order valence-corrected chi connectivity index (χ4v) is 5.47. The summed E-state index contributed by atoms with van der Waals surface area (Å²) in [7, 11) is 0. The molecule has 0 spiro atoms. The number of nitrogens with zero attached hydrogens (tertiary/aromatic N) is 5. The van der Waals surface area contributed by atoms with Crippen LogP contribution in [0.5, 0.6) is 5.75 Å². The van der Waals surface area contributed by atoms with Crippen LogP contribution in [0.3, 0.4) is 0 Å². The van der Waals surface area contributed by atoms with Gasteiger partial charge in [0, 0.05) is 61.3 Å². The Labute approximate surface area is 267 Å². The minimum absolute atomic E-state index is 0. The van der Waals surface area contributed by atoms with E-state index in [1.165, 1.54) is 0 Å². The van der Waals surface area contributed by atoms with Gasteiger partial charge in [0.2, 0.25) is 5.91 Å². The highest BCUT2D eigenvalue weighted by Crippen LogP contribution is 2.35. The van der Waals surface area contributed by atoms with Crippen LogP contribution in [-0.4, -0.2) is 63.2 Å². The molecular formula is C29H35Cl4N7O2. The smallest absolute Gasteiger partial charge is 0.240 e. The Morgan fingerprint density at radius 3 is 2.29 bits per heavy atom. The number of rotatable bonds is 6. The molecule has 1 aliphatic rings. The standard InChI is InChI=1S/C29H33Cl2N7O2.2ClH/c1-17(25-21(30)15-33-16-22(25)31)40-19-6-7-23-20(13-19)26(36-35-23)18-5-8-24(34-14-18)37-9-11-38(12-10-37)28(39)27(32)29(2,3)4;;/h5-8,13-17,27H,9-12,32H2,1-4H3,(H,35,36);2*1H/t17-,27?;;/m1../s1. The lowest BCUT2D eigenvalue weighted by atomic mass is 9.86. The average Bonchev–Trinajstić information content (AvgIpc) is 3.35. The number of hydrogen-bond acceptors (Lipinski definition) is 7. The predicted molar refractivity (Wildman–Crippen MR) is 173 cm³/mol. The molecule has 1 aromatic carbocycles. The van der Waals surface area contributed by atoms with Crippen LogP contribution >= 0.6 is 48.0 Å². The number of piperazine rings is 1. The highest BCUT2D eigenvalue weighted by Gasteiger charge is 2.32. The maximum Gasteiger partial charge on any atom is 0.240 e. The van der Waals surface area contributed by atoms with Gasteiger partial charge in [-0.15, -0.1) is 24.8 Å². The van der Waals surface area contributed by atoms with Crippen molar-refractivity contribution in [3.63, 3.8) is 0 Å². The highest BCUT2D eigenvalue weighted by molar-refractivity contribution is 6.35. The van der Waals surface area contributed by atoms with E-state index in [4.69, 9.17) is 38.7 Å². The largest absolute Gasteiger partial charge is 0.486 e. The number of aromatic amines is 1. The van der Waals surface area contributed by atoms with E-state index >= 15 is 0 Å². The van der Waals surface area contributed by atoms with Crippen LogP contribution in [0, 0.1) is 5.41 Å². The van der Waals surface area contributed by atoms with Gasteiger partial charge in [-0.05, 0) is 42.7 Å². The SMILES string of the molecule is C[C@@H](Oc1ccc2[nH]nc(-c3ccc(N4CCN(C(=O)C(N)C(C)(C)C)CC4)nc3)c2c1)c1c(Cl)cncc1Cl.Cl.Cl. The van der Waals surface area contributed by atoms with Gasteiger partial charge in [-0.1, -0.05) is 44.0 Å². The maximum atomic E-state index is 12.8. The molecule has 42 heavy (non-hydrogen) atoms. The number of carbonyl (C=O) groups is 1. The summed E-state index contributed by atoms with van der Waals surface area (Å²) in [4.78, 5) is 25.6. The number of nitrogens with two attached hydrogens (primary N) is 1. The first-order valence-electron chi connectivity index (χ1n) is 13.2. The average molecular weight is 655 g/mol. The second-order valence-electron chi connectivity index (χ2n) is 11.1. The number of aromatic nitrogens is 4. The predicted octanol–water partition coefficient (Wildman–Crippen LogP) is 6.33. The van der Waals surface area contributed by atoms with Gasteiger partial charge < -0.3 is 20.3 Å². The van der Waals surface area contributed by atoms with Gasteiger partial charge in [-0.3, -0.25) is 14.9 Å². The van der Waals surface area contributed by atoms with Crippen LogP contribution in [0.25, 0.3) is 22.2 Å². The summed E-state index contributed by atoms with van der Waals surface area (Å²) in [6, 6.07) is 9.24. The molecule has 0 saturated carbocycles. The van der Waals surface area contributed by atoms with Crippen LogP contribution in [0.4, 0.5) is 5.82 Å². The number of fused-ring (bicyclic) bond motifs is 1. The number of amides is 1. The number of ether oxygens (including phenoxy) is 1. The van der Waals surface area contributed by atoms with Crippen LogP contribution in [0.1, 0.15) is 39.4 Å². The zero-order valence-corrected chi connectivity index (χ0v) is 26.9. The number of hydrogen-bond donors (Lipinski definition) is 2. The highest BCUT2D eigenvalue weighted by atomic mass is 35.5. The molecule has 3 N–H and O–H groups in total. The minimum atomic E-state index is -0.513. The molecule has 0 radical (unpaired) electrons. The van der Waals surface area contributed by atoms with Crippen molar-refractivity contribution in [3.8, 4) is 17.0 Å². The van der Waals surface area contributed by atoms with Crippen molar-refractivity contribution >= 4 is 70.6 Å². The third kappa shape index (κ3) is 7.03. The van der Waals surface area contributed by atoms with Gasteiger partial charge in [0.1, 0.15) is 23.4 Å². The maximum absolute atomic E-state index is 12.8. The fraction of sp³-hybridized carbons (Fsp3) is 0.379. The van der Waals surface area contributed by atoms with Gasteiger partial charge in [0.25, 0.3) is 0 Å². The molecule has 0 bridgehead atoms. The van der Waals surface area contributed by atoms with Crippen LogP contribution < -0.4 is 15.4 Å². The molecule has 2 atom stereocenters. The topological polar surface area (TPSA) is 113 Å². The Morgan fingerprint density at radius 1 is 1.02 bits per heavy atom. The molecule has 13 heteroatoms. The molecule has 1 fully saturated rings. The van der Waals surface area contributed by atoms with Crippen molar-refractivity contribution in [2.24, 2.45) is 11.1 Å². The summed E-state index contributed by atoms with van der Waals surface area (Å²) in [5.74, 6) is 1.53. The minimum Gasteiger partial charge on any atom is -0.486 e. The summed E-state index contributed by atoms with van der Waals surface area (Å²) in [5.41, 5.74) is 9.16. The number of halogens is 4. The van der Waals surface area contributed by atoms with Crippen LogP contribution in [-0.2, 0) is 4.79 Å². The Bertz CT molecular complexity index is 1500. The number of H-pyrrole nitrogens is 1. The molecule has 226 valence electrons. The summed E-state index contributed by atoms with van der Waals surface area (Å²) >= 11 is 12.6. The zero-order valence-electron chi connectivity index (χ0n) is 23.8. The van der Waals surface area contributed by atoms with Gasteiger partial charge in [0.05, 0.1) is 21.6 Å². The summed E-state index contributed by atoms with van der Waals surface area (Å²) < 4.78 is 6.19. The molecule has 5 rings (SSSR count). The molecular weight excluding hydrogens is 620 g/mol. The molecule has 1 unspecified atom stereocenters. The summed E-state index contributed by atoms with van der Waals surface area (Å²) in [6.07, 6.45) is 4.55. The second-order valence-corrected chi connectivity index (χ2v) is 11.9. The monoisotopic (exact) mass is 653 g/mol. The fourth-order valence-electron chi connectivity index (χ4n) is 4.80. The molecule has 4 heterocycles. The normalized spacial score (nSPS) is 15.0. The van der Waals surface area contributed by atoms with Crippen molar-refractivity contribution in [1.29, 1.82) is 0 Å². The van der Waals surface area contributed by atoms with Crippen LogP contribution in [0.15, 0.2) is 48.9 Å². The molecule has 0 aliphatic carbocycles. The molecule has 1 saturated heterocycles. The number of pyridine rings is 2. The first-order valence-corrected chi connectivity index (χ1v) is 14.0. The first-order chi connectivity index (χ1) is 19.0. The van der Waals surface area contributed by atoms with Gasteiger partial charge in [0.15, 0.2) is 0 Å². The number of benzene rings is 1. The Kier molecular flexibility index (Phi) is 10.9. The van der Waals surface area contributed by atoms with E-state index < -0.39 is 6.04 Å². The van der Waals surface area contributed by atoms with E-state index in [9.17, 15) is 4.79 Å². The van der Waals surface area contributed by atoms with Gasteiger partial charge in [-0.25, -0.2) is 4.98 Å². The molecule has 1 aliphatic heterocycles. The van der Waals surface area contributed by atoms with E-state index in [1.54, 1.807) is 12.4 Å². The number of anilines is 1. The van der Waals surface area contributed by atoms with Crippen molar-refractivity contribution in [1.82, 2.24) is 25.1 Å². The van der Waals surface area contributed by atoms with Crippen molar-refractivity contribution < 1.29 is 9.53 Å². The van der Waals surface area contributed by atoms with E-state index in [2.05, 4.69) is 20.1 Å². The van der Waals surface area contributed by atoms with E-state index in [0.717, 1.165) is 28.0 Å². The third-order valence-corrected chi connectivity index (χ3v) is 7.88. The van der Waals surface area contributed by atoms with Crippen molar-refractivity contribution in [2.75, 3.05) is 31.1 Å². The molecule has 9 nitrogen and oxygen atoms in total. The summed E-state index contributed by atoms with van der Waals surface area (Å²) in [5, 5.41) is 9.45. The third-order valence-electron chi connectivity index (χ3n) is 7.28. The lowest BCUT2D eigenvalue weighted by Crippen LogP contribution is -2.56. The second kappa shape index (κ2) is 13.7. The van der Waals surface area contributed by atoms with Crippen molar-refractivity contribution in [3.05, 3.63) is 64.5 Å². The quantitative estimate of drug-likeness (QED) is 0.250. The zero-order chi connectivity index (χ0) is 28.6. The lowest BCUT2D eigenvalue weighted by molar-refractivity contribution is -0.135.